The monoisotopic (exact) mass is 407 g/mol. The van der Waals surface area contributed by atoms with E-state index in [0.717, 1.165) is 23.9 Å². The van der Waals surface area contributed by atoms with Gasteiger partial charge in [0, 0.05) is 24.1 Å². The van der Waals surface area contributed by atoms with Crippen molar-refractivity contribution < 1.29 is 31.3 Å². The number of benzene rings is 2. The van der Waals surface area contributed by atoms with E-state index in [0.29, 0.717) is 6.61 Å². The number of fused-ring (bicyclic) bond motifs is 3. The number of rotatable bonds is 3. The summed E-state index contributed by atoms with van der Waals surface area (Å²) in [5.41, 5.74) is 3.09. The molecule has 3 rings (SSSR count). The number of carbonyl (C=O) groups is 1. The number of aryl methyl sites for hydroxylation is 2. The third-order valence-electron chi connectivity index (χ3n) is 4.20. The highest BCUT2D eigenvalue weighted by atomic mass is 32.3. The molecule has 2 aromatic carbocycles. The number of amides is 1. The fourth-order valence-corrected chi connectivity index (χ4v) is 2.80. The Bertz CT molecular complexity index is 1110. The minimum absolute atomic E-state index is 0.359. The van der Waals surface area contributed by atoms with Crippen molar-refractivity contribution in [3.8, 4) is 0 Å². The molecule has 3 aromatic rings. The Morgan fingerprint density at radius 3 is 2.39 bits per heavy atom. The second-order valence-corrected chi connectivity index (χ2v) is 7.05. The topological polar surface area (TPSA) is 106 Å². The fourth-order valence-electron chi connectivity index (χ4n) is 2.80. The molecule has 0 unspecified atom stereocenters. The van der Waals surface area contributed by atoms with Crippen LogP contribution in [0.3, 0.4) is 0 Å². The van der Waals surface area contributed by atoms with Gasteiger partial charge in [-0.3, -0.25) is 14.1 Å². The molecule has 0 spiro atoms. The zero-order valence-electron chi connectivity index (χ0n) is 16.1. The summed E-state index contributed by atoms with van der Waals surface area (Å²) in [6.45, 7) is 4.23. The van der Waals surface area contributed by atoms with Gasteiger partial charge in [0.25, 0.3) is 0 Å². The highest BCUT2D eigenvalue weighted by molar-refractivity contribution is 7.80. The predicted molar refractivity (Wildman–Crippen MR) is 107 cm³/mol. The maximum Gasteiger partial charge on any atom is 0.411 e. The lowest BCUT2D eigenvalue weighted by Gasteiger charge is -2.09. The molecule has 8 nitrogen and oxygen atoms in total. The van der Waals surface area contributed by atoms with Gasteiger partial charge in [0.2, 0.25) is 5.52 Å². The van der Waals surface area contributed by atoms with E-state index in [1.807, 2.05) is 30.3 Å². The Morgan fingerprint density at radius 1 is 1.14 bits per heavy atom. The molecule has 0 saturated carbocycles. The number of hydrogen-bond acceptors (Lipinski definition) is 5. The standard InChI is InChI=1S/C18H18N2O2.CH4O4S/c1-4-22-18(21)19-13-9-10-14-15-7-5-6-8-17(15)20(3)12(2)16(14)11-13;1-5-6(2,3)4/h5-11H,4H2,1-3H3;1H3,(H,2,3,4)/p+1. The SMILES string of the molecule is CCOC(=O)Nc1ccc2c(c1)c(C)[n+](C)c1ccccc21.COS(=O)(=O)O. The summed E-state index contributed by atoms with van der Waals surface area (Å²) >= 11 is 0. The van der Waals surface area contributed by atoms with Crippen molar-refractivity contribution in [1.29, 1.82) is 0 Å². The average Bonchev–Trinajstić information content (AvgIpc) is 2.66. The third-order valence-corrected chi connectivity index (χ3v) is 4.62. The number of para-hydroxylation sites is 1. The van der Waals surface area contributed by atoms with Crippen molar-refractivity contribution in [2.24, 2.45) is 7.05 Å². The normalized spacial score (nSPS) is 11.0. The Balaban J connectivity index is 0.000000409. The van der Waals surface area contributed by atoms with E-state index in [1.165, 1.54) is 16.3 Å². The lowest BCUT2D eigenvalue weighted by Crippen LogP contribution is -2.33. The maximum atomic E-state index is 11.6. The van der Waals surface area contributed by atoms with Crippen molar-refractivity contribution >= 4 is 43.9 Å². The maximum absolute atomic E-state index is 11.6. The first kappa shape index (κ1) is 21.5. The van der Waals surface area contributed by atoms with Gasteiger partial charge in [0.1, 0.15) is 7.05 Å². The molecule has 0 atom stereocenters. The van der Waals surface area contributed by atoms with Gasteiger partial charge in [-0.15, -0.1) is 0 Å². The van der Waals surface area contributed by atoms with Gasteiger partial charge in [0.05, 0.1) is 24.5 Å². The number of carbonyl (C=O) groups excluding carboxylic acids is 1. The van der Waals surface area contributed by atoms with Crippen LogP contribution in [0.15, 0.2) is 42.5 Å². The molecule has 2 N–H and O–H groups in total. The highest BCUT2D eigenvalue weighted by Crippen LogP contribution is 2.27. The van der Waals surface area contributed by atoms with Crippen LogP contribution in [0.2, 0.25) is 0 Å². The molecule has 0 radical (unpaired) electrons. The summed E-state index contributed by atoms with van der Waals surface area (Å²) in [7, 11) is -1.23. The molecule has 1 amide bonds. The quantitative estimate of drug-likeness (QED) is 0.393. The predicted octanol–water partition coefficient (Wildman–Crippen LogP) is 3.13. The first-order valence-electron chi connectivity index (χ1n) is 8.45. The van der Waals surface area contributed by atoms with Crippen LogP contribution in [0.5, 0.6) is 0 Å². The van der Waals surface area contributed by atoms with Crippen molar-refractivity contribution in [2.75, 3.05) is 19.0 Å². The summed E-state index contributed by atoms with van der Waals surface area (Å²) < 4.78 is 36.8. The minimum atomic E-state index is -4.16. The van der Waals surface area contributed by atoms with Crippen LogP contribution in [-0.2, 0) is 26.4 Å². The Labute approximate surface area is 163 Å². The highest BCUT2D eigenvalue weighted by Gasteiger charge is 2.15. The Morgan fingerprint density at radius 2 is 1.79 bits per heavy atom. The van der Waals surface area contributed by atoms with E-state index < -0.39 is 16.5 Å². The number of pyridine rings is 1. The molecule has 0 saturated heterocycles. The minimum Gasteiger partial charge on any atom is -0.450 e. The largest absolute Gasteiger partial charge is 0.450 e. The number of hydrogen-bond donors (Lipinski definition) is 2. The molecule has 1 aromatic heterocycles. The zero-order valence-corrected chi connectivity index (χ0v) is 16.9. The molecule has 9 heteroatoms. The second kappa shape index (κ2) is 8.96. The molecular formula is C19H23N2O6S+. The first-order valence-corrected chi connectivity index (χ1v) is 9.82. The van der Waals surface area contributed by atoms with Crippen molar-refractivity contribution in [3.05, 3.63) is 48.2 Å². The molecule has 0 fully saturated rings. The van der Waals surface area contributed by atoms with Gasteiger partial charge >= 0.3 is 16.5 Å². The summed E-state index contributed by atoms with van der Waals surface area (Å²) in [4.78, 5) is 11.6. The zero-order chi connectivity index (χ0) is 20.9. The van der Waals surface area contributed by atoms with Crippen LogP contribution in [-0.4, -0.2) is 32.8 Å². The van der Waals surface area contributed by atoms with Crippen molar-refractivity contribution in [3.63, 3.8) is 0 Å². The van der Waals surface area contributed by atoms with Crippen molar-refractivity contribution in [1.82, 2.24) is 0 Å². The number of anilines is 1. The molecule has 150 valence electrons. The van der Waals surface area contributed by atoms with E-state index in [-0.39, 0.29) is 0 Å². The molecule has 0 aliphatic carbocycles. The summed E-state index contributed by atoms with van der Waals surface area (Å²) in [6, 6.07) is 14.3. The summed E-state index contributed by atoms with van der Waals surface area (Å²) in [5.74, 6) is 0. The number of nitrogens with one attached hydrogen (secondary N) is 1. The van der Waals surface area contributed by atoms with Crippen LogP contribution in [0.1, 0.15) is 12.6 Å². The summed E-state index contributed by atoms with van der Waals surface area (Å²) in [5, 5.41) is 6.26. The molecular weight excluding hydrogens is 384 g/mol. The van der Waals surface area contributed by atoms with Gasteiger partial charge < -0.3 is 4.74 Å². The van der Waals surface area contributed by atoms with E-state index >= 15 is 0 Å². The second-order valence-electron chi connectivity index (χ2n) is 5.86. The average molecular weight is 407 g/mol. The fraction of sp³-hybridized carbons (Fsp3) is 0.263. The lowest BCUT2D eigenvalue weighted by molar-refractivity contribution is -0.649. The van der Waals surface area contributed by atoms with Gasteiger partial charge in [-0.1, -0.05) is 18.2 Å². The molecule has 28 heavy (non-hydrogen) atoms. The Hall–Kier alpha value is -2.75. The summed E-state index contributed by atoms with van der Waals surface area (Å²) in [6.07, 6.45) is -0.426. The Kier molecular flexibility index (Phi) is 6.90. The van der Waals surface area contributed by atoms with Crippen molar-refractivity contribution in [2.45, 2.75) is 13.8 Å². The number of nitrogens with zero attached hydrogens (tertiary/aromatic N) is 1. The van der Waals surface area contributed by atoms with E-state index in [9.17, 15) is 13.2 Å². The van der Waals surface area contributed by atoms with Crippen LogP contribution in [0.4, 0.5) is 10.5 Å². The molecule has 0 aliphatic heterocycles. The first-order chi connectivity index (χ1) is 13.2. The van der Waals surface area contributed by atoms with Crippen LogP contribution < -0.4 is 9.88 Å². The third kappa shape index (κ3) is 5.16. The van der Waals surface area contributed by atoms with E-state index in [2.05, 4.69) is 40.2 Å². The van der Waals surface area contributed by atoms with Gasteiger partial charge in [-0.05, 0) is 25.1 Å². The number of ether oxygens (including phenoxy) is 1. The smallest absolute Gasteiger partial charge is 0.411 e. The number of aromatic nitrogens is 1. The van der Waals surface area contributed by atoms with Gasteiger partial charge in [0.15, 0.2) is 5.69 Å². The van der Waals surface area contributed by atoms with Crippen LogP contribution in [0, 0.1) is 6.92 Å². The molecule has 0 bridgehead atoms. The van der Waals surface area contributed by atoms with Gasteiger partial charge in [-0.2, -0.15) is 13.0 Å². The van der Waals surface area contributed by atoms with E-state index in [1.54, 1.807) is 6.92 Å². The van der Waals surface area contributed by atoms with Crippen LogP contribution >= 0.6 is 0 Å². The van der Waals surface area contributed by atoms with Gasteiger partial charge in [-0.25, -0.2) is 4.79 Å². The van der Waals surface area contributed by atoms with Crippen LogP contribution in [0.25, 0.3) is 21.7 Å². The van der Waals surface area contributed by atoms with E-state index in [4.69, 9.17) is 9.29 Å². The molecule has 1 heterocycles. The molecule has 0 aliphatic rings. The lowest BCUT2D eigenvalue weighted by atomic mass is 10.0.